The summed E-state index contributed by atoms with van der Waals surface area (Å²) < 4.78 is 20.6. The number of hydrogen-bond donors (Lipinski definition) is 2. The van der Waals surface area contributed by atoms with Gasteiger partial charge in [-0.2, -0.15) is 0 Å². The molecule has 2 bridgehead atoms. The summed E-state index contributed by atoms with van der Waals surface area (Å²) in [4.78, 5) is 2.61. The van der Waals surface area contributed by atoms with Crippen molar-refractivity contribution in [2.45, 2.75) is 93.6 Å². The van der Waals surface area contributed by atoms with E-state index in [1.165, 1.54) is 34.3 Å². The minimum absolute atomic E-state index is 0.0349. The number of ether oxygens (including phenoxy) is 2. The first-order chi connectivity index (χ1) is 22.6. The lowest BCUT2D eigenvalue weighted by molar-refractivity contribution is -0.288. The van der Waals surface area contributed by atoms with E-state index in [1.807, 2.05) is 0 Å². The highest BCUT2D eigenvalue weighted by molar-refractivity contribution is 7.00. The number of aliphatic hydroxyl groups is 2. The minimum atomic E-state index is -2.86. The highest BCUT2D eigenvalue weighted by Gasteiger charge is 2.70. The Kier molecular flexibility index (Phi) is 7.78. The first kappa shape index (κ1) is 31.7. The smallest absolute Gasteiger partial charge is 0.319 e. The highest BCUT2D eigenvalue weighted by atomic mass is 28.4. The first-order valence-electron chi connectivity index (χ1n) is 17.9. The van der Waals surface area contributed by atoms with E-state index in [2.05, 4.69) is 105 Å². The summed E-state index contributed by atoms with van der Waals surface area (Å²) in [6, 6.07) is 28.4. The number of benzene rings is 3. The number of likely N-dealkylation sites (tertiary alicyclic amines) is 1. The number of hydrogen-bond acceptors (Lipinski definition) is 6. The van der Waals surface area contributed by atoms with E-state index in [4.69, 9.17) is 13.9 Å². The average Bonchev–Trinajstić information content (AvgIpc) is 3.77. The van der Waals surface area contributed by atoms with Gasteiger partial charge in [-0.25, -0.2) is 0 Å². The van der Waals surface area contributed by atoms with Crippen molar-refractivity contribution in [1.82, 2.24) is 4.90 Å². The Labute approximate surface area is 281 Å². The second-order valence-electron chi connectivity index (χ2n) is 16.1. The molecule has 47 heavy (non-hydrogen) atoms. The molecule has 4 fully saturated rings. The van der Waals surface area contributed by atoms with Crippen LogP contribution in [0.5, 0.6) is 5.75 Å². The normalized spacial score (nSPS) is 30.1. The van der Waals surface area contributed by atoms with E-state index in [-0.39, 0.29) is 23.6 Å². The molecular weight excluding hydrogens is 603 g/mol. The number of aliphatic hydroxyl groups excluding tert-OH is 1. The second kappa shape index (κ2) is 11.5. The molecule has 6 nitrogen and oxygen atoms in total. The zero-order valence-corrected chi connectivity index (χ0v) is 29.3. The van der Waals surface area contributed by atoms with Crippen LogP contribution in [0.4, 0.5) is 0 Å². The molecule has 2 saturated carbocycles. The van der Waals surface area contributed by atoms with Gasteiger partial charge in [-0.05, 0) is 89.7 Å². The van der Waals surface area contributed by atoms with Crippen molar-refractivity contribution in [2.75, 3.05) is 32.9 Å². The second-order valence-corrected chi connectivity index (χ2v) is 20.3. The lowest BCUT2D eigenvalue weighted by atomic mass is 9.46. The van der Waals surface area contributed by atoms with E-state index in [9.17, 15) is 10.2 Å². The van der Waals surface area contributed by atoms with Crippen LogP contribution in [0.2, 0.25) is 5.04 Å². The van der Waals surface area contributed by atoms with Gasteiger partial charge in [0, 0.05) is 36.9 Å². The average molecular weight is 654 g/mol. The van der Waals surface area contributed by atoms with E-state index < -0.39 is 25.1 Å². The maximum atomic E-state index is 13.3. The van der Waals surface area contributed by atoms with Gasteiger partial charge in [0.1, 0.15) is 5.75 Å². The number of fused-ring (bicyclic) bond motifs is 1. The molecule has 2 N–H and O–H groups in total. The summed E-state index contributed by atoms with van der Waals surface area (Å²) >= 11 is 0. The van der Waals surface area contributed by atoms with Crippen LogP contribution in [-0.2, 0) is 21.3 Å². The van der Waals surface area contributed by atoms with Crippen molar-refractivity contribution in [3.8, 4) is 5.75 Å². The Morgan fingerprint density at radius 1 is 0.936 bits per heavy atom. The molecule has 5 aliphatic rings. The largest absolute Gasteiger partial charge is 0.534 e. The summed E-state index contributed by atoms with van der Waals surface area (Å²) in [6.45, 7) is 10.1. The van der Waals surface area contributed by atoms with Gasteiger partial charge < -0.3 is 24.1 Å². The number of nitrogens with zero attached hydrogens (tertiary/aromatic N) is 1. The molecule has 1 spiro atoms. The van der Waals surface area contributed by atoms with E-state index >= 15 is 0 Å². The van der Waals surface area contributed by atoms with Crippen LogP contribution in [0, 0.1) is 11.8 Å². The van der Waals surface area contributed by atoms with Gasteiger partial charge in [0.25, 0.3) is 0 Å². The fourth-order valence-electron chi connectivity index (χ4n) is 10.2. The molecule has 1 unspecified atom stereocenters. The molecule has 3 aliphatic carbocycles. The number of rotatable bonds is 8. The Hall–Kier alpha value is -2.52. The molecular formula is C40H51NO5Si. The Morgan fingerprint density at radius 3 is 2.19 bits per heavy atom. The summed E-state index contributed by atoms with van der Waals surface area (Å²) in [5, 5.41) is 25.8. The minimum Gasteiger partial charge on any atom is -0.534 e. The lowest BCUT2D eigenvalue weighted by Crippen LogP contribution is -2.76. The molecule has 250 valence electrons. The predicted octanol–water partition coefficient (Wildman–Crippen LogP) is 5.17. The van der Waals surface area contributed by atoms with Gasteiger partial charge in [-0.3, -0.25) is 4.90 Å². The number of piperidine rings is 1. The first-order valence-corrected chi connectivity index (χ1v) is 19.8. The van der Waals surface area contributed by atoms with Gasteiger partial charge in [0.15, 0.2) is 5.79 Å². The van der Waals surface area contributed by atoms with E-state index in [0.717, 1.165) is 37.6 Å². The topological polar surface area (TPSA) is 71.4 Å². The van der Waals surface area contributed by atoms with Crippen LogP contribution in [0.3, 0.4) is 0 Å². The van der Waals surface area contributed by atoms with Gasteiger partial charge in [-0.1, -0.05) is 87.5 Å². The SMILES string of the molecule is CC(C)(C)[Si](Oc1ccc2c(c1)[C@]13CCN(CC4CC4)[C@H](C2)[C@]1(O)CC(CCO)C1(C3)OCCO1)(c1ccccc1)c1ccccc1. The van der Waals surface area contributed by atoms with Crippen molar-refractivity contribution in [2.24, 2.45) is 11.8 Å². The van der Waals surface area contributed by atoms with Gasteiger partial charge >= 0.3 is 8.32 Å². The molecule has 7 heteroatoms. The van der Waals surface area contributed by atoms with Gasteiger partial charge in [-0.15, -0.1) is 0 Å². The molecule has 2 heterocycles. The van der Waals surface area contributed by atoms with Crippen molar-refractivity contribution >= 4 is 18.7 Å². The molecule has 0 aromatic heterocycles. The van der Waals surface area contributed by atoms with Crippen LogP contribution < -0.4 is 14.8 Å². The Bertz CT molecular complexity index is 1540. The maximum absolute atomic E-state index is 13.3. The molecule has 3 aromatic rings. The van der Waals surface area contributed by atoms with Crippen LogP contribution in [-0.4, -0.2) is 73.8 Å². The molecule has 2 aliphatic heterocycles. The van der Waals surface area contributed by atoms with Crippen molar-refractivity contribution in [1.29, 1.82) is 0 Å². The van der Waals surface area contributed by atoms with Crippen LogP contribution in [0.1, 0.15) is 70.4 Å². The maximum Gasteiger partial charge on any atom is 0.319 e. The zero-order valence-electron chi connectivity index (χ0n) is 28.3. The van der Waals surface area contributed by atoms with E-state index in [1.54, 1.807) is 0 Å². The molecule has 0 amide bonds. The highest BCUT2D eigenvalue weighted by Crippen LogP contribution is 2.64. The van der Waals surface area contributed by atoms with Gasteiger partial charge in [0.05, 0.1) is 18.8 Å². The van der Waals surface area contributed by atoms with Crippen molar-refractivity contribution in [3.63, 3.8) is 0 Å². The third-order valence-electron chi connectivity index (χ3n) is 12.5. The summed E-state index contributed by atoms with van der Waals surface area (Å²) in [5.74, 6) is 0.768. The Morgan fingerprint density at radius 2 is 1.60 bits per heavy atom. The third kappa shape index (κ3) is 4.91. The zero-order chi connectivity index (χ0) is 32.5. The predicted molar refractivity (Wildman–Crippen MR) is 187 cm³/mol. The Balaban J connectivity index is 1.27. The summed E-state index contributed by atoms with van der Waals surface area (Å²) in [5.41, 5.74) is 1.03. The quantitative estimate of drug-likeness (QED) is 0.327. The lowest BCUT2D eigenvalue weighted by Gasteiger charge is -2.67. The van der Waals surface area contributed by atoms with Crippen molar-refractivity contribution < 1.29 is 24.1 Å². The fourth-order valence-corrected chi connectivity index (χ4v) is 14.6. The summed E-state index contributed by atoms with van der Waals surface area (Å²) in [7, 11) is -2.86. The molecule has 2 saturated heterocycles. The molecule has 0 radical (unpaired) electrons. The van der Waals surface area contributed by atoms with Crippen LogP contribution in [0.15, 0.2) is 78.9 Å². The van der Waals surface area contributed by atoms with E-state index in [0.29, 0.717) is 32.5 Å². The fraction of sp³-hybridized carbons (Fsp3) is 0.550. The van der Waals surface area contributed by atoms with Crippen LogP contribution in [0.25, 0.3) is 0 Å². The standard InChI is InChI=1S/C40H51NO5Si/c1-37(2,3)47(33-10-6-4-7-11-33,34-12-8-5-9-13-34)46-32-17-16-30-24-36-39(43)26-31(18-21-42)40(44-22-23-45-40)28-38(39,35(30)25-32)19-20-41(36)27-29-14-15-29/h4-13,16-17,25,29,31,36,42-43H,14-15,18-24,26-28H2,1-3H3/t31?,36-,38-,39-/m1/s1. The molecule has 4 atom stereocenters. The third-order valence-corrected chi connectivity index (χ3v) is 17.5. The molecule has 8 rings (SSSR count). The van der Waals surface area contributed by atoms with Crippen LogP contribution >= 0.6 is 0 Å². The molecule has 3 aromatic carbocycles. The monoisotopic (exact) mass is 653 g/mol. The summed E-state index contributed by atoms with van der Waals surface area (Å²) in [6.07, 6.45) is 6.00. The van der Waals surface area contributed by atoms with Crippen molar-refractivity contribution in [3.05, 3.63) is 90.0 Å². The van der Waals surface area contributed by atoms with Gasteiger partial charge in [0.2, 0.25) is 0 Å².